The van der Waals surface area contributed by atoms with Crippen LogP contribution in [-0.4, -0.2) is 20.0 Å². The molecule has 0 aromatic heterocycles. The van der Waals surface area contributed by atoms with E-state index in [0.29, 0.717) is 16.9 Å². The van der Waals surface area contributed by atoms with Gasteiger partial charge in [0, 0.05) is 5.56 Å². The van der Waals surface area contributed by atoms with Crippen LogP contribution in [0.15, 0.2) is 103 Å². The third-order valence-corrected chi connectivity index (χ3v) is 6.19. The molecule has 0 aliphatic heterocycles. The van der Waals surface area contributed by atoms with Crippen LogP contribution >= 0.6 is 11.6 Å². The molecular weight excluding hydrogens is 420 g/mol. The van der Waals surface area contributed by atoms with Gasteiger partial charge >= 0.3 is 0 Å². The molecule has 4 heteroatoms. The van der Waals surface area contributed by atoms with E-state index < -0.39 is 4.87 Å². The maximum atomic E-state index is 13.3. The summed E-state index contributed by atoms with van der Waals surface area (Å²) in [7, 11) is 3.19. The Morgan fingerprint density at radius 2 is 1.25 bits per heavy atom. The summed E-state index contributed by atoms with van der Waals surface area (Å²) in [4.78, 5) is 12.3. The lowest BCUT2D eigenvalue weighted by molar-refractivity contribution is 0.103. The Balaban J connectivity index is 1.91. The summed E-state index contributed by atoms with van der Waals surface area (Å²) in [5, 5.41) is 0. The van der Waals surface area contributed by atoms with E-state index in [-0.39, 0.29) is 5.78 Å². The zero-order valence-electron chi connectivity index (χ0n) is 17.9. The first-order chi connectivity index (χ1) is 15.6. The molecule has 0 saturated carbocycles. The van der Waals surface area contributed by atoms with Gasteiger partial charge in [-0.05, 0) is 41.0 Å². The van der Waals surface area contributed by atoms with E-state index in [9.17, 15) is 4.79 Å². The number of carbonyl (C=O) groups is 1. The van der Waals surface area contributed by atoms with Crippen LogP contribution < -0.4 is 9.47 Å². The van der Waals surface area contributed by atoms with Gasteiger partial charge in [0.2, 0.25) is 0 Å². The number of ether oxygens (including phenoxy) is 2. The maximum absolute atomic E-state index is 13.3. The molecule has 0 fully saturated rings. The first kappa shape index (κ1) is 21.7. The largest absolute Gasteiger partial charge is 0.497 e. The lowest BCUT2D eigenvalue weighted by atomic mass is 9.83. The number of methoxy groups -OCH3 is 2. The summed E-state index contributed by atoms with van der Waals surface area (Å²) >= 11 is 7.44. The minimum Gasteiger partial charge on any atom is -0.497 e. The molecule has 0 aliphatic rings. The van der Waals surface area contributed by atoms with Crippen LogP contribution in [-0.2, 0) is 4.87 Å². The van der Waals surface area contributed by atoms with E-state index in [1.54, 1.807) is 32.4 Å². The molecular formula is C28H23ClO3. The standard InChI is InChI=1S/C28H23ClO3/c1-31-24-16-13-22(14-17-24)28(29,21-11-7-4-8-12-21)23-15-18-26(32-2)25(19-23)27(30)20-9-5-3-6-10-20/h3-19H,1-2H3. The molecule has 4 aromatic carbocycles. The van der Waals surface area contributed by atoms with Crippen molar-refractivity contribution < 1.29 is 14.3 Å². The van der Waals surface area contributed by atoms with Crippen molar-refractivity contribution in [3.8, 4) is 11.5 Å². The smallest absolute Gasteiger partial charge is 0.196 e. The zero-order chi connectivity index (χ0) is 22.6. The van der Waals surface area contributed by atoms with Gasteiger partial charge in [-0.2, -0.15) is 0 Å². The first-order valence-electron chi connectivity index (χ1n) is 10.2. The molecule has 0 spiro atoms. The predicted molar refractivity (Wildman–Crippen MR) is 128 cm³/mol. The first-order valence-corrected chi connectivity index (χ1v) is 10.6. The Labute approximate surface area is 193 Å². The fraction of sp³-hybridized carbons (Fsp3) is 0.107. The molecule has 0 amide bonds. The van der Waals surface area contributed by atoms with E-state index in [0.717, 1.165) is 22.4 Å². The summed E-state index contributed by atoms with van der Waals surface area (Å²) < 4.78 is 10.8. The number of hydrogen-bond acceptors (Lipinski definition) is 3. The molecule has 32 heavy (non-hydrogen) atoms. The fourth-order valence-corrected chi connectivity index (χ4v) is 4.20. The number of ketones is 1. The van der Waals surface area contributed by atoms with Crippen LogP contribution in [0, 0.1) is 0 Å². The number of halogens is 1. The molecule has 3 nitrogen and oxygen atoms in total. The molecule has 0 saturated heterocycles. The molecule has 4 rings (SSSR count). The second-order valence-electron chi connectivity index (χ2n) is 7.36. The third-order valence-electron chi connectivity index (χ3n) is 5.54. The highest BCUT2D eigenvalue weighted by Crippen LogP contribution is 2.44. The Bertz CT molecular complexity index is 1200. The van der Waals surface area contributed by atoms with Crippen molar-refractivity contribution in [2.24, 2.45) is 0 Å². The lowest BCUT2D eigenvalue weighted by Crippen LogP contribution is -2.23. The summed E-state index contributed by atoms with van der Waals surface area (Å²) in [6.07, 6.45) is 0. The Kier molecular flexibility index (Phi) is 6.29. The van der Waals surface area contributed by atoms with Crippen LogP contribution in [0.3, 0.4) is 0 Å². The highest BCUT2D eigenvalue weighted by Gasteiger charge is 2.35. The van der Waals surface area contributed by atoms with E-state index in [1.807, 2.05) is 84.9 Å². The highest BCUT2D eigenvalue weighted by atomic mass is 35.5. The maximum Gasteiger partial charge on any atom is 0.196 e. The minimum absolute atomic E-state index is 0.119. The predicted octanol–water partition coefficient (Wildman–Crippen LogP) is 6.47. The van der Waals surface area contributed by atoms with E-state index >= 15 is 0 Å². The average molecular weight is 443 g/mol. The van der Waals surface area contributed by atoms with Gasteiger partial charge < -0.3 is 9.47 Å². The van der Waals surface area contributed by atoms with Gasteiger partial charge in [0.15, 0.2) is 5.78 Å². The molecule has 0 bridgehead atoms. The minimum atomic E-state index is -1.01. The van der Waals surface area contributed by atoms with E-state index in [4.69, 9.17) is 21.1 Å². The fourth-order valence-electron chi connectivity index (χ4n) is 3.83. The monoisotopic (exact) mass is 442 g/mol. The summed E-state index contributed by atoms with van der Waals surface area (Å²) in [6.45, 7) is 0. The summed E-state index contributed by atoms with van der Waals surface area (Å²) in [5.41, 5.74) is 3.60. The van der Waals surface area contributed by atoms with Crippen molar-refractivity contribution in [1.29, 1.82) is 0 Å². The number of rotatable bonds is 7. The average Bonchev–Trinajstić information content (AvgIpc) is 2.88. The Hall–Kier alpha value is -3.56. The van der Waals surface area contributed by atoms with Crippen LogP contribution in [0.4, 0.5) is 0 Å². The Morgan fingerprint density at radius 1 is 0.688 bits per heavy atom. The van der Waals surface area contributed by atoms with Gasteiger partial charge in [-0.1, -0.05) is 78.9 Å². The second-order valence-corrected chi connectivity index (χ2v) is 7.93. The Morgan fingerprint density at radius 3 is 1.84 bits per heavy atom. The van der Waals surface area contributed by atoms with Gasteiger partial charge in [-0.25, -0.2) is 0 Å². The van der Waals surface area contributed by atoms with Crippen molar-refractivity contribution in [1.82, 2.24) is 0 Å². The van der Waals surface area contributed by atoms with Crippen LogP contribution in [0.25, 0.3) is 0 Å². The van der Waals surface area contributed by atoms with Crippen molar-refractivity contribution in [2.45, 2.75) is 4.87 Å². The van der Waals surface area contributed by atoms with Gasteiger partial charge in [0.25, 0.3) is 0 Å². The topological polar surface area (TPSA) is 35.5 Å². The molecule has 4 aromatic rings. The molecule has 1 atom stereocenters. The molecule has 0 aliphatic carbocycles. The van der Waals surface area contributed by atoms with Crippen LogP contribution in [0.2, 0.25) is 0 Å². The number of carbonyl (C=O) groups excluding carboxylic acids is 1. The van der Waals surface area contributed by atoms with Crippen LogP contribution in [0.1, 0.15) is 32.6 Å². The zero-order valence-corrected chi connectivity index (χ0v) is 18.7. The number of alkyl halides is 1. The van der Waals surface area contributed by atoms with Crippen LogP contribution in [0.5, 0.6) is 11.5 Å². The van der Waals surface area contributed by atoms with E-state index in [2.05, 4.69) is 0 Å². The van der Waals surface area contributed by atoms with Crippen molar-refractivity contribution in [2.75, 3.05) is 14.2 Å². The summed E-state index contributed by atoms with van der Waals surface area (Å²) in [5.74, 6) is 1.13. The van der Waals surface area contributed by atoms with Gasteiger partial charge in [0.1, 0.15) is 16.4 Å². The quantitative estimate of drug-likeness (QED) is 0.187. The van der Waals surface area contributed by atoms with Crippen molar-refractivity contribution in [3.05, 3.63) is 131 Å². The SMILES string of the molecule is COc1ccc(C(Cl)(c2ccccc2)c2ccc(OC)c(C(=O)c3ccccc3)c2)cc1. The van der Waals surface area contributed by atoms with Crippen molar-refractivity contribution >= 4 is 17.4 Å². The van der Waals surface area contributed by atoms with Gasteiger partial charge in [0.05, 0.1) is 19.8 Å². The second kappa shape index (κ2) is 9.29. The molecule has 0 N–H and O–H groups in total. The van der Waals surface area contributed by atoms with E-state index in [1.165, 1.54) is 0 Å². The molecule has 160 valence electrons. The molecule has 1 unspecified atom stereocenters. The van der Waals surface area contributed by atoms with Crippen molar-refractivity contribution in [3.63, 3.8) is 0 Å². The normalized spacial score (nSPS) is 12.6. The highest BCUT2D eigenvalue weighted by molar-refractivity contribution is 6.28. The third kappa shape index (κ3) is 4.00. The number of hydrogen-bond donors (Lipinski definition) is 0. The molecule has 0 radical (unpaired) electrons. The lowest BCUT2D eigenvalue weighted by Gasteiger charge is -2.30. The number of benzene rings is 4. The van der Waals surface area contributed by atoms with Gasteiger partial charge in [-0.3, -0.25) is 4.79 Å². The van der Waals surface area contributed by atoms with Gasteiger partial charge in [-0.15, -0.1) is 11.6 Å². The summed E-state index contributed by atoms with van der Waals surface area (Å²) in [6, 6.07) is 32.2. The molecule has 0 heterocycles.